The lowest BCUT2D eigenvalue weighted by Gasteiger charge is -2.12. The van der Waals surface area contributed by atoms with Gasteiger partial charge in [0.2, 0.25) is 0 Å². The van der Waals surface area contributed by atoms with Crippen molar-refractivity contribution in [1.82, 2.24) is 5.32 Å². The summed E-state index contributed by atoms with van der Waals surface area (Å²) in [6, 6.07) is 13.6. The average Bonchev–Trinajstić information content (AvgIpc) is 3.07. The molecule has 0 unspecified atom stereocenters. The highest BCUT2D eigenvalue weighted by Crippen LogP contribution is 2.27. The molecule has 0 saturated carbocycles. The van der Waals surface area contributed by atoms with Crippen molar-refractivity contribution in [2.75, 3.05) is 13.2 Å². The van der Waals surface area contributed by atoms with E-state index in [1.807, 2.05) is 24.3 Å². The number of ether oxygens (including phenoxy) is 1. The van der Waals surface area contributed by atoms with Crippen LogP contribution in [-0.4, -0.2) is 19.3 Å². The fraction of sp³-hybridized carbons (Fsp3) is 0.316. The summed E-state index contributed by atoms with van der Waals surface area (Å²) < 4.78 is 11.0. The lowest BCUT2D eigenvalue weighted by atomic mass is 10.0. The average molecular weight is 309 g/mol. The summed E-state index contributed by atoms with van der Waals surface area (Å²) in [5, 5.41) is 6.70. The third-order valence-corrected chi connectivity index (χ3v) is 4.43. The van der Waals surface area contributed by atoms with E-state index in [0.29, 0.717) is 12.1 Å². The minimum absolute atomic E-state index is 0.290. The highest BCUT2D eigenvalue weighted by atomic mass is 16.5. The van der Waals surface area contributed by atoms with E-state index in [9.17, 15) is 4.79 Å². The summed E-state index contributed by atoms with van der Waals surface area (Å²) in [5.74, 6) is 0. The molecule has 0 aliphatic carbocycles. The number of rotatable bonds is 4. The Bertz CT molecular complexity index is 894. The molecule has 3 aromatic rings. The molecule has 1 aliphatic rings. The van der Waals surface area contributed by atoms with Crippen molar-refractivity contribution in [3.63, 3.8) is 0 Å². The van der Waals surface area contributed by atoms with Gasteiger partial charge in [-0.2, -0.15) is 0 Å². The van der Waals surface area contributed by atoms with Gasteiger partial charge in [-0.3, -0.25) is 0 Å². The molecule has 1 aromatic heterocycles. The maximum absolute atomic E-state index is 11.8. The first-order valence-electron chi connectivity index (χ1n) is 8.08. The summed E-state index contributed by atoms with van der Waals surface area (Å²) in [6.07, 6.45) is 2.53. The van der Waals surface area contributed by atoms with Crippen molar-refractivity contribution in [2.45, 2.75) is 25.5 Å². The van der Waals surface area contributed by atoms with E-state index in [4.69, 9.17) is 9.15 Å². The van der Waals surface area contributed by atoms with E-state index in [1.165, 1.54) is 0 Å². The van der Waals surface area contributed by atoms with Crippen LogP contribution >= 0.6 is 0 Å². The van der Waals surface area contributed by atoms with Gasteiger partial charge in [0.1, 0.15) is 5.58 Å². The molecule has 4 heteroatoms. The van der Waals surface area contributed by atoms with Crippen molar-refractivity contribution in [1.29, 1.82) is 0 Å². The Labute approximate surface area is 134 Å². The van der Waals surface area contributed by atoms with Crippen LogP contribution in [0.15, 0.2) is 51.7 Å². The van der Waals surface area contributed by atoms with Crippen LogP contribution in [0.25, 0.3) is 21.7 Å². The van der Waals surface area contributed by atoms with Crippen molar-refractivity contribution in [3.8, 4) is 0 Å². The molecule has 1 N–H and O–H groups in total. The van der Waals surface area contributed by atoms with Gasteiger partial charge in [-0.25, -0.2) is 4.79 Å². The van der Waals surface area contributed by atoms with Gasteiger partial charge in [-0.1, -0.05) is 30.3 Å². The third kappa shape index (κ3) is 2.87. The Balaban J connectivity index is 1.71. The second kappa shape index (κ2) is 6.14. The summed E-state index contributed by atoms with van der Waals surface area (Å²) in [5.41, 5.74) is 1.32. The molecule has 4 rings (SSSR count). The van der Waals surface area contributed by atoms with Crippen LogP contribution < -0.4 is 10.9 Å². The molecule has 1 fully saturated rings. The molecule has 0 amide bonds. The van der Waals surface area contributed by atoms with Crippen LogP contribution in [0.4, 0.5) is 0 Å². The number of hydrogen-bond donors (Lipinski definition) is 1. The summed E-state index contributed by atoms with van der Waals surface area (Å²) in [4.78, 5) is 11.8. The fourth-order valence-corrected chi connectivity index (χ4v) is 3.33. The van der Waals surface area contributed by atoms with Crippen LogP contribution in [0.2, 0.25) is 0 Å². The number of fused-ring (bicyclic) bond motifs is 3. The normalized spacial score (nSPS) is 18.0. The second-order valence-electron chi connectivity index (χ2n) is 6.02. The van der Waals surface area contributed by atoms with Crippen LogP contribution in [-0.2, 0) is 11.3 Å². The summed E-state index contributed by atoms with van der Waals surface area (Å²) in [6.45, 7) is 2.30. The van der Waals surface area contributed by atoms with Gasteiger partial charge >= 0.3 is 5.63 Å². The van der Waals surface area contributed by atoms with Crippen LogP contribution in [0.3, 0.4) is 0 Å². The van der Waals surface area contributed by atoms with Crippen molar-refractivity contribution in [2.24, 2.45) is 0 Å². The van der Waals surface area contributed by atoms with Crippen molar-refractivity contribution < 1.29 is 9.15 Å². The number of hydrogen-bond acceptors (Lipinski definition) is 4. The highest BCUT2D eigenvalue weighted by molar-refractivity contribution is 6.07. The predicted octanol–water partition coefficient (Wildman–Crippen LogP) is 3.21. The minimum Gasteiger partial charge on any atom is -0.423 e. The quantitative estimate of drug-likeness (QED) is 0.594. The molecule has 1 atom stereocenters. The van der Waals surface area contributed by atoms with Crippen molar-refractivity contribution >= 4 is 21.7 Å². The highest BCUT2D eigenvalue weighted by Gasteiger charge is 2.15. The van der Waals surface area contributed by atoms with Crippen molar-refractivity contribution in [3.05, 3.63) is 58.4 Å². The topological polar surface area (TPSA) is 51.5 Å². The maximum atomic E-state index is 11.8. The lowest BCUT2D eigenvalue weighted by molar-refractivity contribution is 0.110. The molecule has 0 bridgehead atoms. The molecule has 118 valence electrons. The number of nitrogens with one attached hydrogen (secondary N) is 1. The first-order valence-corrected chi connectivity index (χ1v) is 8.08. The van der Waals surface area contributed by atoms with E-state index in [-0.39, 0.29) is 11.7 Å². The molecule has 2 aromatic carbocycles. The van der Waals surface area contributed by atoms with Gasteiger partial charge in [-0.15, -0.1) is 0 Å². The van der Waals surface area contributed by atoms with Gasteiger partial charge < -0.3 is 14.5 Å². The lowest BCUT2D eigenvalue weighted by Crippen LogP contribution is -2.26. The Kier molecular flexibility index (Phi) is 3.85. The summed E-state index contributed by atoms with van der Waals surface area (Å²) >= 11 is 0. The molecule has 23 heavy (non-hydrogen) atoms. The third-order valence-electron chi connectivity index (χ3n) is 4.43. The zero-order valence-corrected chi connectivity index (χ0v) is 12.9. The Morgan fingerprint density at radius 3 is 2.96 bits per heavy atom. The first kappa shape index (κ1) is 14.4. The molecule has 4 nitrogen and oxygen atoms in total. The predicted molar refractivity (Wildman–Crippen MR) is 90.7 cm³/mol. The van der Waals surface area contributed by atoms with E-state index < -0.39 is 0 Å². The molecular weight excluding hydrogens is 290 g/mol. The fourth-order valence-electron chi connectivity index (χ4n) is 3.33. The van der Waals surface area contributed by atoms with E-state index in [0.717, 1.165) is 47.7 Å². The molecule has 1 aliphatic heterocycles. The van der Waals surface area contributed by atoms with Crippen LogP contribution in [0.1, 0.15) is 18.4 Å². The zero-order valence-electron chi connectivity index (χ0n) is 12.9. The Hall–Kier alpha value is -2.17. The molecule has 0 spiro atoms. The van der Waals surface area contributed by atoms with Gasteiger partial charge in [0, 0.05) is 31.1 Å². The largest absolute Gasteiger partial charge is 0.423 e. The Morgan fingerprint density at radius 1 is 1.17 bits per heavy atom. The zero-order chi connectivity index (χ0) is 15.6. The minimum atomic E-state index is -0.304. The van der Waals surface area contributed by atoms with E-state index in [1.54, 1.807) is 6.07 Å². The standard InChI is InChI=1S/C19H19NO3/c21-18-10-14(11-20-12-15-5-3-9-22-15)19-16-6-2-1-4-13(16)7-8-17(19)23-18/h1-2,4,6-8,10,15,20H,3,5,9,11-12H2/t15-/m0/s1. The second-order valence-corrected chi connectivity index (χ2v) is 6.02. The molecular formula is C19H19NO3. The summed E-state index contributed by atoms with van der Waals surface area (Å²) in [7, 11) is 0. The van der Waals surface area contributed by atoms with Gasteiger partial charge in [0.05, 0.1) is 6.10 Å². The van der Waals surface area contributed by atoms with Crippen LogP contribution in [0, 0.1) is 0 Å². The van der Waals surface area contributed by atoms with Gasteiger partial charge in [0.25, 0.3) is 0 Å². The van der Waals surface area contributed by atoms with E-state index in [2.05, 4.69) is 17.4 Å². The van der Waals surface area contributed by atoms with E-state index >= 15 is 0 Å². The van der Waals surface area contributed by atoms with Crippen LogP contribution in [0.5, 0.6) is 0 Å². The van der Waals surface area contributed by atoms with Gasteiger partial charge in [0.15, 0.2) is 0 Å². The molecule has 1 saturated heterocycles. The SMILES string of the molecule is O=c1cc(CNC[C@@H]2CCCO2)c2c(ccc3ccccc32)o1. The maximum Gasteiger partial charge on any atom is 0.336 e. The smallest absolute Gasteiger partial charge is 0.336 e. The molecule has 2 heterocycles. The van der Waals surface area contributed by atoms with Gasteiger partial charge in [-0.05, 0) is 35.2 Å². The Morgan fingerprint density at radius 2 is 2.09 bits per heavy atom. The monoisotopic (exact) mass is 309 g/mol. The number of benzene rings is 2. The molecule has 0 radical (unpaired) electrons. The first-order chi connectivity index (χ1) is 11.3.